The summed E-state index contributed by atoms with van der Waals surface area (Å²) in [5.41, 5.74) is 1.27. The lowest BCUT2D eigenvalue weighted by atomic mass is 10.2. The Morgan fingerprint density at radius 1 is 1.24 bits per heavy atom. The summed E-state index contributed by atoms with van der Waals surface area (Å²) in [7, 11) is 0. The molecule has 0 spiro atoms. The molecular weight excluding hydrogens is 230 g/mol. The third kappa shape index (κ3) is 3.27. The molecule has 0 radical (unpaired) electrons. The maximum atomic E-state index is 4.38. The van der Waals surface area contributed by atoms with Gasteiger partial charge in [-0.15, -0.1) is 11.8 Å². The zero-order valence-electron chi connectivity index (χ0n) is 10.2. The summed E-state index contributed by atoms with van der Waals surface area (Å²) in [6.45, 7) is 3.80. The first-order valence-electron chi connectivity index (χ1n) is 5.72. The van der Waals surface area contributed by atoms with Crippen LogP contribution in [0.1, 0.15) is 12.5 Å². The van der Waals surface area contributed by atoms with Crippen LogP contribution in [0.2, 0.25) is 0 Å². The predicted octanol–water partition coefficient (Wildman–Crippen LogP) is 3.24. The molecule has 0 amide bonds. The highest BCUT2D eigenvalue weighted by molar-refractivity contribution is 7.98. The van der Waals surface area contributed by atoms with Crippen molar-refractivity contribution in [3.05, 3.63) is 42.1 Å². The van der Waals surface area contributed by atoms with E-state index in [2.05, 4.69) is 47.9 Å². The van der Waals surface area contributed by atoms with Crippen molar-refractivity contribution in [3.63, 3.8) is 0 Å². The average molecular weight is 247 g/mol. The van der Waals surface area contributed by atoms with Gasteiger partial charge in [0.25, 0.3) is 0 Å². The maximum Gasteiger partial charge on any atom is 0.148 e. The van der Waals surface area contributed by atoms with Gasteiger partial charge < -0.3 is 5.32 Å². The molecule has 90 valence electrons. The summed E-state index contributed by atoms with van der Waals surface area (Å²) in [5.74, 6) is 0.931. The van der Waals surface area contributed by atoms with E-state index in [1.165, 1.54) is 10.5 Å². The summed E-state index contributed by atoms with van der Waals surface area (Å²) in [6.07, 6.45) is 4.07. The van der Waals surface area contributed by atoms with E-state index in [0.717, 1.165) is 18.9 Å². The number of rotatable bonds is 5. The standard InChI is InChI=1S/C13H17N3S/c1-3-16-9-8-13(15-16)14-10-11-4-6-12(17-2)7-5-11/h4-9H,3,10H2,1-2H3,(H,14,15). The van der Waals surface area contributed by atoms with Gasteiger partial charge in [-0.3, -0.25) is 4.68 Å². The van der Waals surface area contributed by atoms with Crippen molar-refractivity contribution in [2.75, 3.05) is 11.6 Å². The first-order chi connectivity index (χ1) is 8.31. The van der Waals surface area contributed by atoms with Crippen molar-refractivity contribution < 1.29 is 0 Å². The van der Waals surface area contributed by atoms with Crippen molar-refractivity contribution >= 4 is 17.6 Å². The first kappa shape index (κ1) is 12.0. The van der Waals surface area contributed by atoms with Crippen LogP contribution >= 0.6 is 11.8 Å². The fourth-order valence-electron chi connectivity index (χ4n) is 1.57. The molecule has 17 heavy (non-hydrogen) atoms. The average Bonchev–Trinajstić information content (AvgIpc) is 2.85. The summed E-state index contributed by atoms with van der Waals surface area (Å²) in [5, 5.41) is 7.69. The molecule has 1 aromatic carbocycles. The normalized spacial score (nSPS) is 10.5. The molecule has 0 atom stereocenters. The SMILES string of the molecule is CCn1ccc(NCc2ccc(SC)cc2)n1. The molecule has 0 aliphatic heterocycles. The molecule has 2 aromatic rings. The van der Waals surface area contributed by atoms with Crippen LogP contribution in [0.15, 0.2) is 41.4 Å². The number of benzene rings is 1. The maximum absolute atomic E-state index is 4.38. The van der Waals surface area contributed by atoms with Gasteiger partial charge in [-0.25, -0.2) is 0 Å². The molecule has 0 fully saturated rings. The van der Waals surface area contributed by atoms with E-state index in [-0.39, 0.29) is 0 Å². The molecule has 1 aromatic heterocycles. The minimum atomic E-state index is 0.815. The highest BCUT2D eigenvalue weighted by atomic mass is 32.2. The largest absolute Gasteiger partial charge is 0.365 e. The molecule has 3 nitrogen and oxygen atoms in total. The Bertz CT molecular complexity index is 462. The summed E-state index contributed by atoms with van der Waals surface area (Å²) >= 11 is 1.76. The summed E-state index contributed by atoms with van der Waals surface area (Å²) < 4.78 is 1.92. The number of aromatic nitrogens is 2. The van der Waals surface area contributed by atoms with Gasteiger partial charge in [-0.2, -0.15) is 5.10 Å². The molecule has 0 saturated heterocycles. The lowest BCUT2D eigenvalue weighted by molar-refractivity contribution is 0.661. The second-order valence-corrected chi connectivity index (χ2v) is 4.64. The van der Waals surface area contributed by atoms with Crippen LogP contribution in [-0.2, 0) is 13.1 Å². The Balaban J connectivity index is 1.92. The topological polar surface area (TPSA) is 29.9 Å². The summed E-state index contributed by atoms with van der Waals surface area (Å²) in [4.78, 5) is 1.30. The molecule has 0 saturated carbocycles. The van der Waals surface area contributed by atoms with Crippen LogP contribution in [-0.4, -0.2) is 16.0 Å². The van der Waals surface area contributed by atoms with Crippen LogP contribution in [0.3, 0.4) is 0 Å². The quantitative estimate of drug-likeness (QED) is 0.823. The van der Waals surface area contributed by atoms with Gasteiger partial charge in [0.15, 0.2) is 0 Å². The van der Waals surface area contributed by atoms with E-state index in [0.29, 0.717) is 0 Å². The van der Waals surface area contributed by atoms with Gasteiger partial charge >= 0.3 is 0 Å². The second kappa shape index (κ2) is 5.77. The van der Waals surface area contributed by atoms with Crippen LogP contribution in [0.25, 0.3) is 0 Å². The van der Waals surface area contributed by atoms with Crippen molar-refractivity contribution in [2.24, 2.45) is 0 Å². The second-order valence-electron chi connectivity index (χ2n) is 3.76. The third-order valence-corrected chi connectivity index (χ3v) is 3.34. The van der Waals surface area contributed by atoms with Gasteiger partial charge in [-0.1, -0.05) is 12.1 Å². The Morgan fingerprint density at radius 3 is 2.59 bits per heavy atom. The van der Waals surface area contributed by atoms with Gasteiger partial charge in [0.2, 0.25) is 0 Å². The number of anilines is 1. The number of nitrogens with zero attached hydrogens (tertiary/aromatic N) is 2. The van der Waals surface area contributed by atoms with E-state index in [4.69, 9.17) is 0 Å². The molecule has 0 aliphatic carbocycles. The zero-order valence-corrected chi connectivity index (χ0v) is 11.0. The smallest absolute Gasteiger partial charge is 0.148 e. The fourth-order valence-corrected chi connectivity index (χ4v) is 1.98. The van der Waals surface area contributed by atoms with Crippen LogP contribution < -0.4 is 5.32 Å². The van der Waals surface area contributed by atoms with Crippen LogP contribution in [0, 0.1) is 0 Å². The predicted molar refractivity (Wildman–Crippen MR) is 73.5 cm³/mol. The number of hydrogen-bond acceptors (Lipinski definition) is 3. The van der Waals surface area contributed by atoms with Crippen molar-refractivity contribution in [2.45, 2.75) is 24.9 Å². The molecule has 4 heteroatoms. The number of aryl methyl sites for hydroxylation is 1. The molecule has 0 aliphatic rings. The fraction of sp³-hybridized carbons (Fsp3) is 0.308. The van der Waals surface area contributed by atoms with E-state index < -0.39 is 0 Å². The lowest BCUT2D eigenvalue weighted by Crippen LogP contribution is -2.01. The van der Waals surface area contributed by atoms with Crippen molar-refractivity contribution in [1.82, 2.24) is 9.78 Å². The van der Waals surface area contributed by atoms with Crippen LogP contribution in [0.4, 0.5) is 5.82 Å². The molecule has 2 rings (SSSR count). The lowest BCUT2D eigenvalue weighted by Gasteiger charge is -2.04. The Morgan fingerprint density at radius 2 is 2.00 bits per heavy atom. The van der Waals surface area contributed by atoms with E-state index in [9.17, 15) is 0 Å². The highest BCUT2D eigenvalue weighted by Crippen LogP contribution is 2.15. The van der Waals surface area contributed by atoms with Gasteiger partial charge in [0.1, 0.15) is 5.82 Å². The molecule has 0 bridgehead atoms. The number of hydrogen-bond donors (Lipinski definition) is 1. The first-order valence-corrected chi connectivity index (χ1v) is 6.94. The Kier molecular flexibility index (Phi) is 4.09. The molecule has 1 heterocycles. The molecule has 1 N–H and O–H groups in total. The van der Waals surface area contributed by atoms with Crippen LogP contribution in [0.5, 0.6) is 0 Å². The van der Waals surface area contributed by atoms with Gasteiger partial charge in [-0.05, 0) is 30.9 Å². The minimum Gasteiger partial charge on any atom is -0.365 e. The zero-order chi connectivity index (χ0) is 12.1. The monoisotopic (exact) mass is 247 g/mol. The third-order valence-electron chi connectivity index (χ3n) is 2.60. The Hall–Kier alpha value is -1.42. The van der Waals surface area contributed by atoms with Crippen molar-refractivity contribution in [3.8, 4) is 0 Å². The number of thioether (sulfide) groups is 1. The van der Waals surface area contributed by atoms with Gasteiger partial charge in [0, 0.05) is 30.2 Å². The van der Waals surface area contributed by atoms with E-state index in [1.54, 1.807) is 11.8 Å². The van der Waals surface area contributed by atoms with E-state index in [1.807, 2.05) is 16.9 Å². The minimum absolute atomic E-state index is 0.815. The Labute approximate surface area is 106 Å². The highest BCUT2D eigenvalue weighted by Gasteiger charge is 1.98. The van der Waals surface area contributed by atoms with Gasteiger partial charge in [0.05, 0.1) is 0 Å². The van der Waals surface area contributed by atoms with E-state index >= 15 is 0 Å². The summed E-state index contributed by atoms with van der Waals surface area (Å²) in [6, 6.07) is 10.6. The number of nitrogens with one attached hydrogen (secondary N) is 1. The molecular formula is C13H17N3S. The molecule has 0 unspecified atom stereocenters. The van der Waals surface area contributed by atoms with Crippen molar-refractivity contribution in [1.29, 1.82) is 0 Å².